The van der Waals surface area contributed by atoms with Crippen molar-refractivity contribution in [3.63, 3.8) is 0 Å². The van der Waals surface area contributed by atoms with E-state index in [2.05, 4.69) is 0 Å². The van der Waals surface area contributed by atoms with E-state index in [1.54, 1.807) is 0 Å². The molecule has 0 fully saturated rings. The molecule has 2 heteroatoms. The van der Waals surface area contributed by atoms with Crippen LogP contribution >= 0.6 is 0 Å². The second-order valence-electron chi connectivity index (χ2n) is 0.781. The fourth-order valence-corrected chi connectivity index (χ4v) is 0.204. The Morgan fingerprint density at radius 3 is 2.40 bits per heavy atom. The fraction of sp³-hybridized carbons (Fsp3) is 1.00. The second-order valence-corrected chi connectivity index (χ2v) is 0.781. The molecule has 0 N–H and O–H groups in total. The van der Waals surface area contributed by atoms with Crippen LogP contribution in [0.2, 0.25) is 0 Å². The Kier molecular flexibility index (Phi) is 5.07. The maximum absolute atomic E-state index is 4.83. The Bertz CT molecular complexity index is 14.4. The van der Waals surface area contributed by atoms with Crippen LogP contribution in [0.15, 0.2) is 0 Å². The van der Waals surface area contributed by atoms with Crippen LogP contribution in [-0.4, -0.2) is 29.6 Å². The van der Waals surface area contributed by atoms with Gasteiger partial charge in [-0.1, -0.05) is 0 Å². The monoisotopic (exact) mass is 66.1 g/mol. The summed E-state index contributed by atoms with van der Waals surface area (Å²) in [4.78, 5) is 0. The van der Waals surface area contributed by atoms with Crippen LogP contribution in [0.4, 0.5) is 0 Å². The van der Waals surface area contributed by atoms with Crippen molar-refractivity contribution in [2.75, 3.05) is 11.9 Å². The molecule has 26 valence electrons. The van der Waals surface area contributed by atoms with Crippen LogP contribution in [0.25, 0.3) is 0 Å². The molecule has 0 aromatic carbocycles. The van der Waals surface area contributed by atoms with Crippen molar-refractivity contribution >= 4 is 17.7 Å². The molecule has 5 heavy (non-hydrogen) atoms. The van der Waals surface area contributed by atoms with Crippen LogP contribution in [0, 0.1) is 0 Å². The van der Waals surface area contributed by atoms with E-state index < -0.39 is 0 Å². The van der Waals surface area contributed by atoms with Crippen molar-refractivity contribution in [3.8, 4) is 0 Å². The summed E-state index contributed by atoms with van der Waals surface area (Å²) in [5, 5.41) is 0.844. The van der Waals surface area contributed by atoms with Gasteiger partial charge in [0.15, 0.2) is 0 Å². The van der Waals surface area contributed by atoms with Gasteiger partial charge in [0.25, 0.3) is 0 Å². The van der Waals surface area contributed by atoms with E-state index in [-0.39, 0.29) is 0 Å². The molecule has 0 aliphatic carbocycles. The van der Waals surface area contributed by atoms with Gasteiger partial charge < -0.3 is 0 Å². The van der Waals surface area contributed by atoms with Gasteiger partial charge in [0.1, 0.15) is 0 Å². The molecule has 0 aliphatic heterocycles. The third-order valence-corrected chi connectivity index (χ3v) is 0.408. The molecule has 0 amide bonds. The van der Waals surface area contributed by atoms with Crippen LogP contribution < -0.4 is 0 Å². The molecule has 0 bridgehead atoms. The van der Waals surface area contributed by atoms with Gasteiger partial charge in [0.05, 0.1) is 0 Å². The minimum absolute atomic E-state index is 0.844. The van der Waals surface area contributed by atoms with Gasteiger partial charge in [-0.15, -0.1) is 0 Å². The SMILES string of the molecule is [Li][CH2]OCC. The molecular formula is C3H7LiO. The minimum atomic E-state index is 0.844. The molecule has 0 unspecified atom stereocenters. The van der Waals surface area contributed by atoms with Crippen LogP contribution in [0.1, 0.15) is 6.92 Å². The van der Waals surface area contributed by atoms with Crippen molar-refractivity contribution in [1.82, 2.24) is 0 Å². The zero-order valence-electron chi connectivity index (χ0n) is 3.82. The Morgan fingerprint density at radius 1 is 1.80 bits per heavy atom. The standard InChI is InChI=1S/C3H7O.Li/c1-3-4-2;/h2-3H2,1H3;. The van der Waals surface area contributed by atoms with E-state index >= 15 is 0 Å². The summed E-state index contributed by atoms with van der Waals surface area (Å²) in [5.74, 6) is 0. The zero-order valence-corrected chi connectivity index (χ0v) is 3.82. The summed E-state index contributed by atoms with van der Waals surface area (Å²) in [6.07, 6.45) is 0. The average molecular weight is 66.0 g/mol. The molecule has 0 saturated heterocycles. The van der Waals surface area contributed by atoms with Gasteiger partial charge >= 0.3 is 41.3 Å². The molecule has 0 radical (unpaired) electrons. The van der Waals surface area contributed by atoms with Crippen LogP contribution in [0.5, 0.6) is 0 Å². The molecule has 0 aromatic heterocycles. The Labute approximate surface area is 41.9 Å². The predicted molar refractivity (Wildman–Crippen MR) is 22.2 cm³/mol. The summed E-state index contributed by atoms with van der Waals surface area (Å²) < 4.78 is 4.83. The molecule has 0 heterocycles. The molecule has 0 saturated carbocycles. The predicted octanol–water partition coefficient (Wildman–Crippen LogP) is 0.149. The first kappa shape index (κ1) is 5.56. The first-order valence-corrected chi connectivity index (χ1v) is 1.99. The maximum atomic E-state index is 4.83. The molecular weight excluding hydrogens is 59.0 g/mol. The van der Waals surface area contributed by atoms with E-state index in [4.69, 9.17) is 4.74 Å². The van der Waals surface area contributed by atoms with Gasteiger partial charge in [-0.3, -0.25) is 0 Å². The van der Waals surface area contributed by atoms with Crippen molar-refractivity contribution in [3.05, 3.63) is 0 Å². The van der Waals surface area contributed by atoms with E-state index in [0.29, 0.717) is 0 Å². The van der Waals surface area contributed by atoms with Crippen LogP contribution in [-0.2, 0) is 4.74 Å². The van der Waals surface area contributed by atoms with E-state index in [9.17, 15) is 0 Å². The van der Waals surface area contributed by atoms with E-state index in [0.717, 1.165) is 11.9 Å². The van der Waals surface area contributed by atoms with Crippen molar-refractivity contribution in [2.24, 2.45) is 0 Å². The van der Waals surface area contributed by atoms with E-state index in [1.807, 2.05) is 24.6 Å². The number of hydrogen-bond donors (Lipinski definition) is 0. The topological polar surface area (TPSA) is 9.23 Å². The first-order chi connectivity index (χ1) is 2.41. The van der Waals surface area contributed by atoms with Crippen molar-refractivity contribution in [1.29, 1.82) is 0 Å². The number of hydrogen-bond acceptors (Lipinski definition) is 1. The summed E-state index contributed by atoms with van der Waals surface area (Å²) in [6.45, 7) is 2.83. The van der Waals surface area contributed by atoms with Gasteiger partial charge in [0.2, 0.25) is 0 Å². The third kappa shape index (κ3) is 4.56. The van der Waals surface area contributed by atoms with Gasteiger partial charge in [-0.25, -0.2) is 0 Å². The number of ether oxygens (including phenoxy) is 1. The van der Waals surface area contributed by atoms with Crippen molar-refractivity contribution < 1.29 is 4.74 Å². The van der Waals surface area contributed by atoms with Gasteiger partial charge in [-0.2, -0.15) is 0 Å². The Morgan fingerprint density at radius 2 is 2.40 bits per heavy atom. The Balaban J connectivity index is 2.19. The fourth-order valence-electron chi connectivity index (χ4n) is 0.204. The molecule has 0 spiro atoms. The van der Waals surface area contributed by atoms with E-state index in [1.165, 1.54) is 0 Å². The quantitative estimate of drug-likeness (QED) is 0.417. The normalized spacial score (nSPS) is 8.60. The first-order valence-electron chi connectivity index (χ1n) is 1.99. The summed E-state index contributed by atoms with van der Waals surface area (Å²) >= 11 is 1.99. The molecule has 0 rings (SSSR count). The molecule has 0 aromatic rings. The second kappa shape index (κ2) is 4.56. The molecule has 1 nitrogen and oxygen atoms in total. The average Bonchev–Trinajstić information content (AvgIpc) is 1.41. The number of rotatable bonds is 2. The summed E-state index contributed by atoms with van der Waals surface area (Å²) in [5.41, 5.74) is 0. The zero-order chi connectivity index (χ0) is 4.12. The van der Waals surface area contributed by atoms with Crippen molar-refractivity contribution in [2.45, 2.75) is 6.92 Å². The van der Waals surface area contributed by atoms with Crippen LogP contribution in [0.3, 0.4) is 0 Å². The molecule has 0 atom stereocenters. The van der Waals surface area contributed by atoms with Gasteiger partial charge in [-0.05, 0) is 0 Å². The summed E-state index contributed by atoms with van der Waals surface area (Å²) in [7, 11) is 0. The Hall–Kier alpha value is 0.557. The summed E-state index contributed by atoms with van der Waals surface area (Å²) in [6, 6.07) is 0. The van der Waals surface area contributed by atoms with Gasteiger partial charge in [0, 0.05) is 0 Å². The third-order valence-electron chi connectivity index (χ3n) is 0.408. The molecule has 0 aliphatic rings.